The molecule has 1 aliphatic heterocycles. The molecule has 1 aromatic carbocycles. The van der Waals surface area contributed by atoms with Crippen molar-refractivity contribution >= 4 is 28.0 Å². The van der Waals surface area contributed by atoms with E-state index in [2.05, 4.69) is 21.7 Å². The summed E-state index contributed by atoms with van der Waals surface area (Å²) < 4.78 is 4.57. The topological polar surface area (TPSA) is 104 Å². The number of nitrogens with two attached hydrogens (primary N) is 1. The summed E-state index contributed by atoms with van der Waals surface area (Å²) in [5, 5.41) is 0.917. The van der Waals surface area contributed by atoms with Crippen LogP contribution in [0.2, 0.25) is 0 Å². The number of piperidine rings is 1. The van der Waals surface area contributed by atoms with E-state index < -0.39 is 5.69 Å². The summed E-state index contributed by atoms with van der Waals surface area (Å²) in [5.74, 6) is 6.61. The lowest BCUT2D eigenvalue weighted by Crippen LogP contribution is -2.44. The molecule has 1 atom stereocenters. The highest BCUT2D eigenvalue weighted by Crippen LogP contribution is 2.23. The van der Waals surface area contributed by atoms with Crippen LogP contribution in [0.1, 0.15) is 31.0 Å². The zero-order valence-corrected chi connectivity index (χ0v) is 20.3. The van der Waals surface area contributed by atoms with Crippen LogP contribution in [0.5, 0.6) is 0 Å². The lowest BCUT2D eigenvalue weighted by molar-refractivity contribution is 0.496. The molecule has 0 unspecified atom stereocenters. The highest BCUT2D eigenvalue weighted by Gasteiger charge is 2.26. The first-order valence-corrected chi connectivity index (χ1v) is 11.8. The molecular formula is C26H29N7O2. The van der Waals surface area contributed by atoms with Crippen LogP contribution in [0.15, 0.2) is 39.9 Å². The van der Waals surface area contributed by atoms with Gasteiger partial charge in [-0.15, -0.1) is 5.92 Å². The lowest BCUT2D eigenvalue weighted by Gasteiger charge is -2.31. The van der Waals surface area contributed by atoms with Crippen LogP contribution in [-0.2, 0) is 20.1 Å². The van der Waals surface area contributed by atoms with E-state index in [1.54, 1.807) is 14.0 Å². The second kappa shape index (κ2) is 9.04. The van der Waals surface area contributed by atoms with Gasteiger partial charge >= 0.3 is 5.69 Å². The molecule has 180 valence electrons. The lowest BCUT2D eigenvalue weighted by atomic mass is 10.1. The molecule has 4 aromatic rings. The molecule has 0 aliphatic carbocycles. The number of aryl methyl sites for hydroxylation is 2. The number of hydrogen-bond acceptors (Lipinski definition) is 6. The van der Waals surface area contributed by atoms with Crippen LogP contribution in [0, 0.1) is 18.8 Å². The molecule has 2 N–H and O–H groups in total. The van der Waals surface area contributed by atoms with E-state index in [4.69, 9.17) is 10.7 Å². The van der Waals surface area contributed by atoms with E-state index in [-0.39, 0.29) is 18.1 Å². The van der Waals surface area contributed by atoms with Crippen LogP contribution in [0.25, 0.3) is 22.1 Å². The van der Waals surface area contributed by atoms with Crippen LogP contribution in [-0.4, -0.2) is 42.8 Å². The van der Waals surface area contributed by atoms with E-state index >= 15 is 0 Å². The third-order valence-electron chi connectivity index (χ3n) is 6.63. The molecule has 0 amide bonds. The maximum atomic E-state index is 13.9. The fourth-order valence-electron chi connectivity index (χ4n) is 4.94. The van der Waals surface area contributed by atoms with Crippen LogP contribution in [0.4, 0.5) is 5.95 Å². The van der Waals surface area contributed by atoms with Crippen molar-refractivity contribution in [3.63, 3.8) is 0 Å². The quantitative estimate of drug-likeness (QED) is 0.455. The molecule has 0 spiro atoms. The van der Waals surface area contributed by atoms with Gasteiger partial charge in [0.15, 0.2) is 11.2 Å². The molecular weight excluding hydrogens is 442 g/mol. The van der Waals surface area contributed by atoms with Crippen molar-refractivity contribution in [3.8, 4) is 11.8 Å². The Hall–Kier alpha value is -3.90. The van der Waals surface area contributed by atoms with Gasteiger partial charge in [0.1, 0.15) is 0 Å². The Labute approximate surface area is 202 Å². The molecule has 0 radical (unpaired) electrons. The van der Waals surface area contributed by atoms with Crippen molar-refractivity contribution in [2.45, 2.75) is 45.8 Å². The number of pyridine rings is 1. The van der Waals surface area contributed by atoms with Gasteiger partial charge in [0.05, 0.1) is 18.6 Å². The third kappa shape index (κ3) is 4.00. The van der Waals surface area contributed by atoms with Crippen molar-refractivity contribution in [3.05, 3.63) is 62.4 Å². The predicted molar refractivity (Wildman–Crippen MR) is 138 cm³/mol. The van der Waals surface area contributed by atoms with Crippen molar-refractivity contribution in [2.75, 3.05) is 18.0 Å². The first-order valence-electron chi connectivity index (χ1n) is 11.8. The normalized spacial score (nSPS) is 16.0. The molecule has 1 aliphatic rings. The third-order valence-corrected chi connectivity index (χ3v) is 6.63. The fraction of sp³-hybridized carbons (Fsp3) is 0.385. The Morgan fingerprint density at radius 1 is 1.17 bits per heavy atom. The number of fused-ring (bicyclic) bond motifs is 2. The van der Waals surface area contributed by atoms with Crippen molar-refractivity contribution in [1.29, 1.82) is 0 Å². The van der Waals surface area contributed by atoms with Gasteiger partial charge in [-0.3, -0.25) is 23.5 Å². The summed E-state index contributed by atoms with van der Waals surface area (Å²) in [6.45, 7) is 5.56. The number of anilines is 1. The summed E-state index contributed by atoms with van der Waals surface area (Å²) >= 11 is 0. The molecule has 9 nitrogen and oxygen atoms in total. The fourth-order valence-corrected chi connectivity index (χ4v) is 4.94. The van der Waals surface area contributed by atoms with Crippen molar-refractivity contribution < 1.29 is 0 Å². The van der Waals surface area contributed by atoms with Gasteiger partial charge in [-0.2, -0.15) is 4.98 Å². The highest BCUT2D eigenvalue weighted by molar-refractivity contribution is 5.82. The summed E-state index contributed by atoms with van der Waals surface area (Å²) in [6, 6.07) is 9.73. The Morgan fingerprint density at radius 3 is 2.74 bits per heavy atom. The van der Waals surface area contributed by atoms with E-state index in [1.807, 2.05) is 41.8 Å². The van der Waals surface area contributed by atoms with Crippen LogP contribution in [0.3, 0.4) is 0 Å². The predicted octanol–water partition coefficient (Wildman–Crippen LogP) is 1.75. The summed E-state index contributed by atoms with van der Waals surface area (Å²) in [5.41, 5.74) is 8.71. The average molecular weight is 472 g/mol. The minimum Gasteiger partial charge on any atom is -0.341 e. The van der Waals surface area contributed by atoms with Gasteiger partial charge in [-0.1, -0.05) is 24.1 Å². The number of para-hydroxylation sites is 1. The number of hydrogen-bond donors (Lipinski definition) is 1. The van der Waals surface area contributed by atoms with Crippen LogP contribution < -0.4 is 21.9 Å². The molecule has 1 fully saturated rings. The summed E-state index contributed by atoms with van der Waals surface area (Å²) in [6.07, 6.45) is 1.90. The molecule has 9 heteroatoms. The second-order valence-corrected chi connectivity index (χ2v) is 9.12. The Balaban J connectivity index is 1.73. The maximum Gasteiger partial charge on any atom is 0.332 e. The largest absolute Gasteiger partial charge is 0.341 e. The molecule has 5 rings (SSSR count). The molecule has 4 heterocycles. The van der Waals surface area contributed by atoms with Gasteiger partial charge in [0, 0.05) is 37.3 Å². The zero-order valence-electron chi connectivity index (χ0n) is 20.3. The Morgan fingerprint density at radius 2 is 1.97 bits per heavy atom. The van der Waals surface area contributed by atoms with E-state index in [0.29, 0.717) is 30.2 Å². The van der Waals surface area contributed by atoms with Crippen molar-refractivity contribution in [1.82, 2.24) is 23.7 Å². The standard InChI is InChI=1S/C26H29N7O2/c1-4-5-13-32-22-23(29-25(32)31-12-8-9-19(27)16-31)30(3)26(35)33(24(22)34)15-18-14-17(2)28-21-11-7-6-10-20(18)21/h6-7,10-11,14,19H,8-9,12-13,15-16,27H2,1-3H3/t19-/m1/s1. The molecule has 35 heavy (non-hydrogen) atoms. The van der Waals surface area contributed by atoms with Gasteiger partial charge in [0.2, 0.25) is 5.95 Å². The SMILES string of the molecule is CC#CCn1c(N2CCC[C@@H](N)C2)nc2c1c(=O)n(Cc1cc(C)nc3ccccc13)c(=O)n2C. The Kier molecular flexibility index (Phi) is 5.91. The maximum absolute atomic E-state index is 13.9. The Bertz CT molecular complexity index is 1620. The number of aromatic nitrogens is 5. The van der Waals surface area contributed by atoms with Gasteiger partial charge in [-0.25, -0.2) is 4.79 Å². The smallest absolute Gasteiger partial charge is 0.332 e. The molecule has 3 aromatic heterocycles. The minimum absolute atomic E-state index is 0.0398. The second-order valence-electron chi connectivity index (χ2n) is 9.12. The summed E-state index contributed by atoms with van der Waals surface area (Å²) in [7, 11) is 1.66. The zero-order chi connectivity index (χ0) is 24.7. The first-order chi connectivity index (χ1) is 16.9. The monoisotopic (exact) mass is 471 g/mol. The number of benzene rings is 1. The molecule has 0 bridgehead atoms. The van der Waals surface area contributed by atoms with E-state index in [1.165, 1.54) is 9.13 Å². The molecule has 1 saturated heterocycles. The average Bonchev–Trinajstić information content (AvgIpc) is 3.23. The number of imidazole rings is 1. The van der Waals surface area contributed by atoms with E-state index in [0.717, 1.165) is 41.5 Å². The van der Waals surface area contributed by atoms with Crippen molar-refractivity contribution in [2.24, 2.45) is 12.8 Å². The number of nitrogens with zero attached hydrogens (tertiary/aromatic N) is 6. The van der Waals surface area contributed by atoms with Gasteiger partial charge in [-0.05, 0) is 44.4 Å². The first kappa shape index (κ1) is 22.9. The molecule has 0 saturated carbocycles. The minimum atomic E-state index is -0.408. The summed E-state index contributed by atoms with van der Waals surface area (Å²) in [4.78, 5) is 38.7. The number of rotatable bonds is 4. The van der Waals surface area contributed by atoms with Gasteiger partial charge < -0.3 is 10.6 Å². The van der Waals surface area contributed by atoms with Gasteiger partial charge in [0.25, 0.3) is 5.56 Å². The van der Waals surface area contributed by atoms with Crippen LogP contribution >= 0.6 is 0 Å². The highest BCUT2D eigenvalue weighted by atomic mass is 16.2. The van der Waals surface area contributed by atoms with E-state index in [9.17, 15) is 9.59 Å².